The fourth-order valence-corrected chi connectivity index (χ4v) is 6.65. The van der Waals surface area contributed by atoms with Crippen LogP contribution in [-0.4, -0.2) is 50.9 Å². The summed E-state index contributed by atoms with van der Waals surface area (Å²) in [6.07, 6.45) is 4.35. The zero-order valence-electron chi connectivity index (χ0n) is 24.0. The van der Waals surface area contributed by atoms with Crippen LogP contribution in [0.5, 0.6) is 5.75 Å². The van der Waals surface area contributed by atoms with Crippen LogP contribution in [0.4, 0.5) is 5.69 Å². The van der Waals surface area contributed by atoms with Crippen molar-refractivity contribution in [1.82, 2.24) is 10.2 Å². The average molecular weight is 578 g/mol. The number of rotatable bonds is 12. The van der Waals surface area contributed by atoms with Crippen molar-refractivity contribution in [3.8, 4) is 5.75 Å². The van der Waals surface area contributed by atoms with Crippen LogP contribution in [0, 0.1) is 6.92 Å². The first-order valence-electron chi connectivity index (χ1n) is 14.1. The Hall–Kier alpha value is -3.85. The van der Waals surface area contributed by atoms with Gasteiger partial charge in [0.2, 0.25) is 11.8 Å². The fraction of sp³-hybridized carbons (Fsp3) is 0.375. The maximum Gasteiger partial charge on any atom is 0.264 e. The maximum atomic E-state index is 14.2. The molecule has 1 aliphatic carbocycles. The van der Waals surface area contributed by atoms with Crippen LogP contribution in [0.25, 0.3) is 0 Å². The lowest BCUT2D eigenvalue weighted by molar-refractivity contribution is -0.140. The zero-order valence-corrected chi connectivity index (χ0v) is 24.8. The van der Waals surface area contributed by atoms with Gasteiger partial charge < -0.3 is 15.0 Å². The van der Waals surface area contributed by atoms with Gasteiger partial charge in [-0.2, -0.15) is 0 Å². The molecule has 41 heavy (non-hydrogen) atoms. The number of hydrogen-bond acceptors (Lipinski definition) is 5. The first-order valence-corrected chi connectivity index (χ1v) is 15.5. The van der Waals surface area contributed by atoms with E-state index in [1.807, 2.05) is 50.2 Å². The van der Waals surface area contributed by atoms with Crippen LogP contribution in [-0.2, 0) is 26.2 Å². The molecule has 1 atom stereocenters. The van der Waals surface area contributed by atoms with Crippen LogP contribution in [0.3, 0.4) is 0 Å². The van der Waals surface area contributed by atoms with E-state index in [0.717, 1.165) is 41.1 Å². The zero-order chi connectivity index (χ0) is 29.4. The van der Waals surface area contributed by atoms with E-state index in [0.29, 0.717) is 17.9 Å². The van der Waals surface area contributed by atoms with Crippen molar-refractivity contribution < 1.29 is 22.7 Å². The van der Waals surface area contributed by atoms with E-state index in [9.17, 15) is 18.0 Å². The number of sulfonamides is 1. The smallest absolute Gasteiger partial charge is 0.264 e. The van der Waals surface area contributed by atoms with Gasteiger partial charge in [-0.25, -0.2) is 8.42 Å². The Bertz CT molecular complexity index is 1420. The predicted octanol–water partition coefficient (Wildman–Crippen LogP) is 5.07. The standard InChI is InChI=1S/C32H39N3O5S/c1-4-30(32(37)33-26-12-8-9-13-26)34(22-25-11-10-14-28(21-25)40-3)31(36)23-35(27-19-17-24(2)18-20-27)41(38,39)29-15-6-5-7-16-29/h5-7,10-11,14-21,26,30H,4,8-9,12-13,22-23H2,1-3H3,(H,33,37). The number of aryl methyl sites for hydroxylation is 1. The lowest BCUT2D eigenvalue weighted by Crippen LogP contribution is -2.53. The fourth-order valence-electron chi connectivity index (χ4n) is 5.21. The number of nitrogens with one attached hydrogen (secondary N) is 1. The van der Waals surface area contributed by atoms with Gasteiger partial charge in [-0.05, 0) is 68.1 Å². The van der Waals surface area contributed by atoms with Crippen molar-refractivity contribution in [3.05, 3.63) is 90.0 Å². The average Bonchev–Trinajstić information content (AvgIpc) is 3.49. The number of carbonyl (C=O) groups excluding carboxylic acids is 2. The summed E-state index contributed by atoms with van der Waals surface area (Å²) in [6.45, 7) is 3.44. The number of anilines is 1. The van der Waals surface area contributed by atoms with E-state index in [4.69, 9.17) is 4.74 Å². The molecule has 0 spiro atoms. The summed E-state index contributed by atoms with van der Waals surface area (Å²) in [7, 11) is -2.52. The molecule has 218 valence electrons. The third-order valence-electron chi connectivity index (χ3n) is 7.51. The van der Waals surface area contributed by atoms with E-state index in [2.05, 4.69) is 5.32 Å². The van der Waals surface area contributed by atoms with Crippen LogP contribution in [0.15, 0.2) is 83.8 Å². The molecule has 8 nitrogen and oxygen atoms in total. The Balaban J connectivity index is 1.71. The van der Waals surface area contributed by atoms with E-state index >= 15 is 0 Å². The Kier molecular flexibility index (Phi) is 10.0. The lowest BCUT2D eigenvalue weighted by atomic mass is 10.1. The molecular weight excluding hydrogens is 538 g/mol. The first-order chi connectivity index (χ1) is 19.7. The number of nitrogens with zero attached hydrogens (tertiary/aromatic N) is 2. The number of benzene rings is 3. The van der Waals surface area contributed by atoms with Crippen molar-refractivity contribution in [3.63, 3.8) is 0 Å². The third kappa shape index (κ3) is 7.47. The molecule has 1 fully saturated rings. The van der Waals surface area contributed by atoms with Crippen LogP contribution in [0.1, 0.15) is 50.2 Å². The van der Waals surface area contributed by atoms with E-state index in [-0.39, 0.29) is 23.4 Å². The van der Waals surface area contributed by atoms with Gasteiger partial charge in [-0.15, -0.1) is 0 Å². The Labute approximate surface area is 243 Å². The monoisotopic (exact) mass is 577 g/mol. The largest absolute Gasteiger partial charge is 0.497 e. The molecule has 3 aromatic rings. The second-order valence-corrected chi connectivity index (χ2v) is 12.3. The van der Waals surface area contributed by atoms with Crippen LogP contribution >= 0.6 is 0 Å². The molecular formula is C32H39N3O5S. The quantitative estimate of drug-likeness (QED) is 0.325. The molecule has 1 saturated carbocycles. The summed E-state index contributed by atoms with van der Waals surface area (Å²) < 4.78 is 34.3. The summed E-state index contributed by atoms with van der Waals surface area (Å²) >= 11 is 0. The van der Waals surface area contributed by atoms with Gasteiger partial charge in [-0.3, -0.25) is 13.9 Å². The molecule has 2 amide bonds. The summed E-state index contributed by atoms with van der Waals surface area (Å²) in [5.74, 6) is -0.0592. The molecule has 1 N–H and O–H groups in total. The van der Waals surface area contributed by atoms with Crippen molar-refractivity contribution in [2.45, 2.75) is 69.5 Å². The second-order valence-electron chi connectivity index (χ2n) is 10.4. The predicted molar refractivity (Wildman–Crippen MR) is 160 cm³/mol. The number of carbonyl (C=O) groups is 2. The number of methoxy groups -OCH3 is 1. The Morgan fingerprint density at radius 2 is 1.66 bits per heavy atom. The highest BCUT2D eigenvalue weighted by Gasteiger charge is 2.34. The summed E-state index contributed by atoms with van der Waals surface area (Å²) in [6, 6.07) is 21.7. The van der Waals surface area contributed by atoms with Gasteiger partial charge >= 0.3 is 0 Å². The Morgan fingerprint density at radius 1 is 0.976 bits per heavy atom. The first kappa shape index (κ1) is 30.1. The van der Waals surface area contributed by atoms with E-state index in [1.54, 1.807) is 37.4 Å². The SMILES string of the molecule is CCC(C(=O)NC1CCCC1)N(Cc1cccc(OC)c1)C(=O)CN(c1ccc(C)cc1)S(=O)(=O)c1ccccc1. The van der Waals surface area contributed by atoms with Crippen molar-refractivity contribution in [2.24, 2.45) is 0 Å². The van der Waals surface area contributed by atoms with Crippen LogP contribution < -0.4 is 14.4 Å². The minimum atomic E-state index is -4.09. The van der Waals surface area contributed by atoms with Crippen molar-refractivity contribution in [1.29, 1.82) is 0 Å². The molecule has 1 unspecified atom stereocenters. The van der Waals surface area contributed by atoms with Crippen molar-refractivity contribution in [2.75, 3.05) is 18.0 Å². The molecule has 0 saturated heterocycles. The Morgan fingerprint density at radius 3 is 2.29 bits per heavy atom. The molecule has 0 bridgehead atoms. The highest BCUT2D eigenvalue weighted by atomic mass is 32.2. The maximum absolute atomic E-state index is 14.2. The number of ether oxygens (including phenoxy) is 1. The molecule has 9 heteroatoms. The highest BCUT2D eigenvalue weighted by molar-refractivity contribution is 7.92. The van der Waals surface area contributed by atoms with Crippen molar-refractivity contribution >= 4 is 27.5 Å². The van der Waals surface area contributed by atoms with Gasteiger partial charge in [0.1, 0.15) is 18.3 Å². The van der Waals surface area contributed by atoms with Gasteiger partial charge in [0.15, 0.2) is 0 Å². The molecule has 0 heterocycles. The molecule has 0 radical (unpaired) electrons. The minimum absolute atomic E-state index is 0.0822. The lowest BCUT2D eigenvalue weighted by Gasteiger charge is -2.34. The molecule has 3 aromatic carbocycles. The second kappa shape index (κ2) is 13.7. The van der Waals surface area contributed by atoms with E-state index < -0.39 is 28.5 Å². The summed E-state index contributed by atoms with van der Waals surface area (Å²) in [4.78, 5) is 29.3. The highest BCUT2D eigenvalue weighted by Crippen LogP contribution is 2.26. The molecule has 4 rings (SSSR count). The molecule has 0 aromatic heterocycles. The summed E-state index contributed by atoms with van der Waals surface area (Å²) in [5.41, 5.74) is 2.11. The van der Waals surface area contributed by atoms with Gasteiger partial charge in [-0.1, -0.05) is 67.8 Å². The van der Waals surface area contributed by atoms with Gasteiger partial charge in [0.25, 0.3) is 10.0 Å². The number of hydrogen-bond donors (Lipinski definition) is 1. The summed E-state index contributed by atoms with van der Waals surface area (Å²) in [5, 5.41) is 3.13. The topological polar surface area (TPSA) is 96.0 Å². The molecule has 0 aliphatic heterocycles. The minimum Gasteiger partial charge on any atom is -0.497 e. The third-order valence-corrected chi connectivity index (χ3v) is 9.29. The molecule has 1 aliphatic rings. The van der Waals surface area contributed by atoms with Gasteiger partial charge in [0.05, 0.1) is 17.7 Å². The van der Waals surface area contributed by atoms with E-state index in [1.165, 1.54) is 17.0 Å². The van der Waals surface area contributed by atoms with Crippen LogP contribution in [0.2, 0.25) is 0 Å². The van der Waals surface area contributed by atoms with Gasteiger partial charge in [0, 0.05) is 12.6 Å². The normalized spacial score (nSPS) is 14.3. The number of amides is 2.